The van der Waals surface area contributed by atoms with E-state index in [1.807, 2.05) is 91.8 Å². The Morgan fingerprint density at radius 1 is 0.912 bits per heavy atom. The summed E-state index contributed by atoms with van der Waals surface area (Å²) in [5, 5.41) is 6.97. The summed E-state index contributed by atoms with van der Waals surface area (Å²) in [7, 11) is 3.99. The summed E-state index contributed by atoms with van der Waals surface area (Å²) in [5.74, 6) is -0.181. The maximum absolute atomic E-state index is 13.1. The number of amides is 1. The fourth-order valence-electron chi connectivity index (χ4n) is 3.64. The molecule has 0 atom stereocenters. The number of nitrogens with zero attached hydrogens (tertiary/aromatic N) is 2. The minimum Gasteiger partial charge on any atom is -0.385 e. The Morgan fingerprint density at radius 2 is 1.65 bits per heavy atom. The fourth-order valence-corrected chi connectivity index (χ4v) is 3.82. The molecule has 5 nitrogen and oxygen atoms in total. The van der Waals surface area contributed by atoms with Crippen molar-refractivity contribution in [3.05, 3.63) is 107 Å². The monoisotopic (exact) mass is 470 g/mol. The Morgan fingerprint density at radius 3 is 2.32 bits per heavy atom. The third-order valence-corrected chi connectivity index (χ3v) is 5.74. The zero-order valence-electron chi connectivity index (χ0n) is 19.3. The Bertz CT molecular complexity index is 1240. The Balaban J connectivity index is 1.43. The molecule has 172 valence electrons. The van der Waals surface area contributed by atoms with Crippen LogP contribution in [0.3, 0.4) is 0 Å². The third-order valence-electron chi connectivity index (χ3n) is 5.50. The van der Waals surface area contributed by atoms with E-state index in [4.69, 9.17) is 11.6 Å². The molecule has 2 N–H and O–H groups in total. The number of aromatic nitrogens is 1. The number of anilines is 3. The first-order valence-electron chi connectivity index (χ1n) is 11.1. The van der Waals surface area contributed by atoms with Crippen molar-refractivity contribution in [2.75, 3.05) is 36.2 Å². The summed E-state index contributed by atoms with van der Waals surface area (Å²) in [5.41, 5.74) is 6.15. The first-order chi connectivity index (χ1) is 16.5. The van der Waals surface area contributed by atoms with Crippen LogP contribution in [0.5, 0.6) is 0 Å². The van der Waals surface area contributed by atoms with Crippen LogP contribution >= 0.6 is 11.6 Å². The molecule has 3 aromatic carbocycles. The first kappa shape index (κ1) is 23.3. The Hall–Kier alpha value is -3.83. The van der Waals surface area contributed by atoms with E-state index in [-0.39, 0.29) is 5.91 Å². The minimum absolute atomic E-state index is 0.181. The molecule has 0 aliphatic rings. The van der Waals surface area contributed by atoms with Crippen LogP contribution in [0.15, 0.2) is 91.1 Å². The van der Waals surface area contributed by atoms with Crippen LogP contribution in [0.2, 0.25) is 5.02 Å². The maximum atomic E-state index is 13.1. The van der Waals surface area contributed by atoms with Crippen LogP contribution in [0.4, 0.5) is 17.1 Å². The predicted octanol–water partition coefficient (Wildman–Crippen LogP) is 6.37. The SMILES string of the molecule is CN(C)c1ccc(-c2cc(Cl)ccc2C(=O)Nc2ccc(NCCc3ccccn3)cc2)cc1. The summed E-state index contributed by atoms with van der Waals surface area (Å²) in [6.07, 6.45) is 2.64. The van der Waals surface area contributed by atoms with Gasteiger partial charge in [0.05, 0.1) is 0 Å². The molecule has 1 heterocycles. The predicted molar refractivity (Wildman–Crippen MR) is 142 cm³/mol. The normalized spacial score (nSPS) is 10.6. The van der Waals surface area contributed by atoms with Crippen molar-refractivity contribution in [1.82, 2.24) is 4.98 Å². The minimum atomic E-state index is -0.181. The zero-order chi connectivity index (χ0) is 23.9. The number of carbonyl (C=O) groups excluding carboxylic acids is 1. The average Bonchev–Trinajstić information content (AvgIpc) is 2.85. The molecule has 34 heavy (non-hydrogen) atoms. The van der Waals surface area contributed by atoms with Crippen LogP contribution in [0.1, 0.15) is 16.1 Å². The molecule has 4 rings (SSSR count). The molecule has 0 unspecified atom stereocenters. The van der Waals surface area contributed by atoms with Crippen molar-refractivity contribution in [1.29, 1.82) is 0 Å². The summed E-state index contributed by atoms with van der Waals surface area (Å²) < 4.78 is 0. The third kappa shape index (κ3) is 5.94. The smallest absolute Gasteiger partial charge is 0.256 e. The average molecular weight is 471 g/mol. The number of carbonyl (C=O) groups is 1. The van der Waals surface area contributed by atoms with Crippen LogP contribution < -0.4 is 15.5 Å². The van der Waals surface area contributed by atoms with Gasteiger partial charge >= 0.3 is 0 Å². The molecule has 0 bridgehead atoms. The summed E-state index contributed by atoms with van der Waals surface area (Å²) >= 11 is 6.26. The van der Waals surface area contributed by atoms with Gasteiger partial charge in [0.15, 0.2) is 0 Å². The maximum Gasteiger partial charge on any atom is 0.256 e. The van der Waals surface area contributed by atoms with Gasteiger partial charge in [-0.15, -0.1) is 0 Å². The van der Waals surface area contributed by atoms with Gasteiger partial charge < -0.3 is 15.5 Å². The highest BCUT2D eigenvalue weighted by Gasteiger charge is 2.14. The molecule has 6 heteroatoms. The number of rotatable bonds is 8. The molecule has 0 spiro atoms. The molecule has 0 fully saturated rings. The highest BCUT2D eigenvalue weighted by Crippen LogP contribution is 2.29. The Kier molecular flexibility index (Phi) is 7.45. The zero-order valence-corrected chi connectivity index (χ0v) is 20.0. The second kappa shape index (κ2) is 10.9. The van der Waals surface area contributed by atoms with Crippen LogP contribution in [0.25, 0.3) is 11.1 Å². The molecular formula is C28H27ClN4O. The molecule has 4 aromatic rings. The van der Waals surface area contributed by atoms with Gasteiger partial charge in [-0.05, 0) is 77.9 Å². The molecule has 1 aromatic heterocycles. The number of hydrogen-bond acceptors (Lipinski definition) is 4. The fraction of sp³-hybridized carbons (Fsp3) is 0.143. The number of benzene rings is 3. The number of pyridine rings is 1. The van der Waals surface area contributed by atoms with Crippen molar-refractivity contribution in [3.8, 4) is 11.1 Å². The highest BCUT2D eigenvalue weighted by atomic mass is 35.5. The first-order valence-corrected chi connectivity index (χ1v) is 11.5. The van der Waals surface area contributed by atoms with Gasteiger partial charge in [-0.3, -0.25) is 9.78 Å². The van der Waals surface area contributed by atoms with Crippen LogP contribution in [-0.2, 0) is 6.42 Å². The van der Waals surface area contributed by atoms with Crippen LogP contribution in [-0.4, -0.2) is 31.5 Å². The van der Waals surface area contributed by atoms with E-state index in [0.717, 1.165) is 46.8 Å². The molecule has 0 saturated carbocycles. The van der Waals surface area contributed by atoms with Gasteiger partial charge in [0.2, 0.25) is 0 Å². The van der Waals surface area contributed by atoms with Crippen molar-refractivity contribution in [3.63, 3.8) is 0 Å². The van der Waals surface area contributed by atoms with E-state index >= 15 is 0 Å². The van der Waals surface area contributed by atoms with E-state index in [9.17, 15) is 4.79 Å². The molecule has 0 radical (unpaired) electrons. The van der Waals surface area contributed by atoms with Gasteiger partial charge in [0.25, 0.3) is 5.91 Å². The van der Waals surface area contributed by atoms with E-state index in [1.165, 1.54) is 0 Å². The van der Waals surface area contributed by atoms with Crippen molar-refractivity contribution < 1.29 is 4.79 Å². The second-order valence-electron chi connectivity index (χ2n) is 8.16. The van der Waals surface area contributed by atoms with Gasteiger partial charge in [0, 0.05) is 66.6 Å². The number of halogens is 1. The van der Waals surface area contributed by atoms with E-state index < -0.39 is 0 Å². The van der Waals surface area contributed by atoms with Crippen molar-refractivity contribution in [2.24, 2.45) is 0 Å². The van der Waals surface area contributed by atoms with Crippen molar-refractivity contribution in [2.45, 2.75) is 6.42 Å². The van der Waals surface area contributed by atoms with E-state index in [1.54, 1.807) is 18.3 Å². The second-order valence-corrected chi connectivity index (χ2v) is 8.60. The van der Waals surface area contributed by atoms with E-state index in [2.05, 4.69) is 15.6 Å². The molecule has 0 aliphatic carbocycles. The Labute approximate surface area is 205 Å². The molecule has 1 amide bonds. The summed E-state index contributed by atoms with van der Waals surface area (Å²) in [4.78, 5) is 19.5. The van der Waals surface area contributed by atoms with Gasteiger partial charge in [-0.1, -0.05) is 29.8 Å². The lowest BCUT2D eigenvalue weighted by Crippen LogP contribution is -2.13. The van der Waals surface area contributed by atoms with Gasteiger partial charge in [-0.2, -0.15) is 0 Å². The van der Waals surface area contributed by atoms with Gasteiger partial charge in [-0.25, -0.2) is 0 Å². The number of hydrogen-bond donors (Lipinski definition) is 2. The van der Waals surface area contributed by atoms with E-state index in [0.29, 0.717) is 10.6 Å². The lowest BCUT2D eigenvalue weighted by molar-refractivity contribution is 0.102. The molecule has 0 aliphatic heterocycles. The summed E-state index contributed by atoms with van der Waals surface area (Å²) in [6.45, 7) is 0.781. The topological polar surface area (TPSA) is 57.3 Å². The molecule has 0 saturated heterocycles. The summed E-state index contributed by atoms with van der Waals surface area (Å²) in [6, 6.07) is 27.0. The van der Waals surface area contributed by atoms with Gasteiger partial charge in [0.1, 0.15) is 0 Å². The number of nitrogens with one attached hydrogen (secondary N) is 2. The quantitative estimate of drug-likeness (QED) is 0.314. The molecular weight excluding hydrogens is 444 g/mol. The van der Waals surface area contributed by atoms with Crippen molar-refractivity contribution >= 4 is 34.6 Å². The lowest BCUT2D eigenvalue weighted by atomic mass is 9.98. The standard InChI is InChI=1S/C28H27ClN4O/c1-33(2)25-13-6-20(7-14-25)27-19-21(29)8-15-26(27)28(34)32-24-11-9-23(10-12-24)31-18-16-22-5-3-4-17-30-22/h3-15,17,19,31H,16,18H2,1-2H3,(H,32,34). The lowest BCUT2D eigenvalue weighted by Gasteiger charge is -2.15. The van der Waals surface area contributed by atoms with Crippen LogP contribution in [0, 0.1) is 0 Å². The largest absolute Gasteiger partial charge is 0.385 e. The highest BCUT2D eigenvalue weighted by molar-refractivity contribution is 6.31.